The number of urea groups is 1. The number of nitrogens with zero attached hydrogens (tertiary/aromatic N) is 2. The zero-order chi connectivity index (χ0) is 25.1. The molecule has 0 unspecified atom stereocenters. The number of benzene rings is 3. The number of amides is 2. The van der Waals surface area contributed by atoms with Crippen molar-refractivity contribution in [2.75, 3.05) is 38.7 Å². The van der Waals surface area contributed by atoms with Gasteiger partial charge in [-0.1, -0.05) is 48.5 Å². The molecule has 0 aliphatic carbocycles. The second kappa shape index (κ2) is 10.7. The van der Waals surface area contributed by atoms with E-state index in [1.165, 1.54) is 12.1 Å². The summed E-state index contributed by atoms with van der Waals surface area (Å²) < 4.78 is 19.1. The molecule has 3 aromatic rings. The number of fused-ring (bicyclic) bond motifs is 1. The molecular formula is C29H32FN3O3. The number of rotatable bonds is 5. The van der Waals surface area contributed by atoms with Gasteiger partial charge in [0.2, 0.25) is 0 Å². The van der Waals surface area contributed by atoms with Crippen LogP contribution in [0, 0.1) is 5.82 Å². The van der Waals surface area contributed by atoms with Gasteiger partial charge in [-0.25, -0.2) is 9.18 Å². The molecule has 6 nitrogen and oxygen atoms in total. The van der Waals surface area contributed by atoms with Gasteiger partial charge in [0.25, 0.3) is 0 Å². The van der Waals surface area contributed by atoms with E-state index in [9.17, 15) is 14.3 Å². The SMILES string of the molecule is COc1ccccc1NC(=O)N1CCCCN2[C@H](C1)[C@@H](c1ccc(-c3cccc(F)c3)cc1)[C@@H]2CO. The van der Waals surface area contributed by atoms with Gasteiger partial charge >= 0.3 is 6.03 Å². The molecule has 5 rings (SSSR count). The third-order valence-corrected chi connectivity index (χ3v) is 7.46. The van der Waals surface area contributed by atoms with Crippen LogP contribution in [0.3, 0.4) is 0 Å². The second-order valence-corrected chi connectivity index (χ2v) is 9.50. The van der Waals surface area contributed by atoms with Crippen molar-refractivity contribution in [3.8, 4) is 16.9 Å². The molecule has 7 heteroatoms. The third kappa shape index (κ3) is 4.81. The number of aliphatic hydroxyl groups excluding tert-OH is 1. The molecule has 2 heterocycles. The van der Waals surface area contributed by atoms with E-state index >= 15 is 0 Å². The van der Waals surface area contributed by atoms with Crippen LogP contribution in [-0.4, -0.2) is 66.4 Å². The molecule has 188 valence electrons. The Morgan fingerprint density at radius 2 is 1.81 bits per heavy atom. The molecule has 2 amide bonds. The van der Waals surface area contributed by atoms with Crippen molar-refractivity contribution in [2.24, 2.45) is 0 Å². The summed E-state index contributed by atoms with van der Waals surface area (Å²) in [5.74, 6) is 0.476. The highest BCUT2D eigenvalue weighted by Crippen LogP contribution is 2.42. The van der Waals surface area contributed by atoms with Gasteiger partial charge in [0, 0.05) is 31.1 Å². The molecule has 3 aromatic carbocycles. The van der Waals surface area contributed by atoms with Crippen LogP contribution >= 0.6 is 0 Å². The quantitative estimate of drug-likeness (QED) is 0.532. The first-order chi connectivity index (χ1) is 17.6. The zero-order valence-corrected chi connectivity index (χ0v) is 20.4. The van der Waals surface area contributed by atoms with Crippen molar-refractivity contribution >= 4 is 11.7 Å². The van der Waals surface area contributed by atoms with E-state index in [1.54, 1.807) is 13.2 Å². The minimum Gasteiger partial charge on any atom is -0.495 e. The molecule has 0 bridgehead atoms. The first-order valence-electron chi connectivity index (χ1n) is 12.5. The summed E-state index contributed by atoms with van der Waals surface area (Å²) in [6, 6.07) is 22.1. The summed E-state index contributed by atoms with van der Waals surface area (Å²) in [5, 5.41) is 13.2. The van der Waals surface area contributed by atoms with Crippen molar-refractivity contribution < 1.29 is 19.0 Å². The van der Waals surface area contributed by atoms with E-state index in [0.29, 0.717) is 24.5 Å². The van der Waals surface area contributed by atoms with Crippen LogP contribution in [0.1, 0.15) is 24.3 Å². The lowest BCUT2D eigenvalue weighted by Gasteiger charge is -2.57. The summed E-state index contributed by atoms with van der Waals surface area (Å²) in [6.45, 7) is 2.24. The Labute approximate surface area is 211 Å². The second-order valence-electron chi connectivity index (χ2n) is 9.50. The number of methoxy groups -OCH3 is 1. The minimum absolute atomic E-state index is 0.0206. The number of aliphatic hydroxyl groups is 1. The summed E-state index contributed by atoms with van der Waals surface area (Å²) >= 11 is 0. The number of carbonyl (C=O) groups excluding carboxylic acids is 1. The van der Waals surface area contributed by atoms with Gasteiger partial charge in [-0.15, -0.1) is 0 Å². The van der Waals surface area contributed by atoms with Crippen LogP contribution in [0.4, 0.5) is 14.9 Å². The molecule has 2 N–H and O–H groups in total. The van der Waals surface area contributed by atoms with E-state index in [0.717, 1.165) is 36.1 Å². The Hall–Kier alpha value is -3.42. The lowest BCUT2D eigenvalue weighted by molar-refractivity contribution is -0.0585. The topological polar surface area (TPSA) is 65.0 Å². The van der Waals surface area contributed by atoms with Gasteiger partial charge < -0.3 is 20.1 Å². The molecule has 36 heavy (non-hydrogen) atoms. The highest BCUT2D eigenvalue weighted by molar-refractivity contribution is 5.91. The number of anilines is 1. The molecule has 0 radical (unpaired) electrons. The zero-order valence-electron chi connectivity index (χ0n) is 20.4. The normalized spacial score (nSPS) is 22.1. The Bertz CT molecular complexity index is 1200. The highest BCUT2D eigenvalue weighted by Gasteiger charge is 2.49. The van der Waals surface area contributed by atoms with E-state index in [-0.39, 0.29) is 36.5 Å². The van der Waals surface area contributed by atoms with Gasteiger partial charge in [-0.05, 0) is 60.3 Å². The van der Waals surface area contributed by atoms with E-state index < -0.39 is 0 Å². The minimum atomic E-state index is -0.257. The van der Waals surface area contributed by atoms with Gasteiger partial charge in [-0.2, -0.15) is 0 Å². The van der Waals surface area contributed by atoms with Crippen molar-refractivity contribution in [3.05, 3.63) is 84.2 Å². The van der Waals surface area contributed by atoms with Crippen LogP contribution < -0.4 is 10.1 Å². The van der Waals surface area contributed by atoms with Crippen LogP contribution in [0.15, 0.2) is 72.8 Å². The lowest BCUT2D eigenvalue weighted by atomic mass is 9.74. The number of hydrogen-bond donors (Lipinski definition) is 2. The van der Waals surface area contributed by atoms with Gasteiger partial charge in [-0.3, -0.25) is 4.90 Å². The molecular weight excluding hydrogens is 457 g/mol. The number of halogens is 1. The van der Waals surface area contributed by atoms with Gasteiger partial charge in [0.05, 0.1) is 19.4 Å². The maximum absolute atomic E-state index is 13.7. The summed E-state index contributed by atoms with van der Waals surface area (Å²) in [6.07, 6.45) is 1.88. The first-order valence-corrected chi connectivity index (χ1v) is 12.5. The van der Waals surface area contributed by atoms with Crippen molar-refractivity contribution in [2.45, 2.75) is 30.8 Å². The number of ether oxygens (including phenoxy) is 1. The Kier molecular flexibility index (Phi) is 7.20. The average molecular weight is 490 g/mol. The maximum Gasteiger partial charge on any atom is 0.322 e. The van der Waals surface area contributed by atoms with Crippen LogP contribution in [0.25, 0.3) is 11.1 Å². The van der Waals surface area contributed by atoms with Crippen LogP contribution in [0.2, 0.25) is 0 Å². The maximum atomic E-state index is 13.7. The molecule has 0 spiro atoms. The summed E-state index contributed by atoms with van der Waals surface area (Å²) in [7, 11) is 1.59. The van der Waals surface area contributed by atoms with E-state index in [2.05, 4.69) is 22.3 Å². The van der Waals surface area contributed by atoms with Crippen LogP contribution in [-0.2, 0) is 0 Å². The fourth-order valence-corrected chi connectivity index (χ4v) is 5.63. The summed E-state index contributed by atoms with van der Waals surface area (Å²) in [5.41, 5.74) is 3.56. The molecule has 0 saturated carbocycles. The van der Waals surface area contributed by atoms with Crippen LogP contribution in [0.5, 0.6) is 5.75 Å². The smallest absolute Gasteiger partial charge is 0.322 e. The molecule has 2 aliphatic rings. The molecule has 2 saturated heterocycles. The van der Waals surface area contributed by atoms with Gasteiger partial charge in [0.1, 0.15) is 11.6 Å². The number of carbonyl (C=O) groups is 1. The monoisotopic (exact) mass is 489 g/mol. The Morgan fingerprint density at radius 1 is 1.03 bits per heavy atom. The van der Waals surface area contributed by atoms with E-state index in [4.69, 9.17) is 4.74 Å². The fraction of sp³-hybridized carbons (Fsp3) is 0.345. The molecule has 0 aromatic heterocycles. The average Bonchev–Trinajstić information content (AvgIpc) is 2.88. The summed E-state index contributed by atoms with van der Waals surface area (Å²) in [4.78, 5) is 17.5. The molecule has 3 atom stereocenters. The predicted octanol–water partition coefficient (Wildman–Crippen LogP) is 4.96. The lowest BCUT2D eigenvalue weighted by Crippen LogP contribution is -2.68. The molecule has 2 aliphatic heterocycles. The molecule has 2 fully saturated rings. The Balaban J connectivity index is 1.35. The van der Waals surface area contributed by atoms with Gasteiger partial charge in [0.15, 0.2) is 0 Å². The van der Waals surface area contributed by atoms with E-state index in [1.807, 2.05) is 47.4 Å². The van der Waals surface area contributed by atoms with Crippen molar-refractivity contribution in [1.82, 2.24) is 9.80 Å². The Morgan fingerprint density at radius 3 is 2.56 bits per heavy atom. The largest absolute Gasteiger partial charge is 0.495 e. The van der Waals surface area contributed by atoms with Crippen molar-refractivity contribution in [3.63, 3.8) is 0 Å². The number of nitrogens with one attached hydrogen (secondary N) is 1. The number of para-hydroxylation sites is 2. The van der Waals surface area contributed by atoms with Crippen molar-refractivity contribution in [1.29, 1.82) is 0 Å². The number of hydrogen-bond acceptors (Lipinski definition) is 4. The standard InChI is InChI=1S/C29H32FN3O3/c1-36-27-10-3-2-9-24(27)31-29(35)32-15-4-5-16-33-25(18-32)28(26(33)19-34)21-13-11-20(12-14-21)22-7-6-8-23(30)17-22/h2-3,6-14,17,25-26,28,34H,4-5,15-16,18-19H2,1H3,(H,31,35)/t25-,26+,28-/m1/s1. The first kappa shape index (κ1) is 24.3. The fourth-order valence-electron chi connectivity index (χ4n) is 5.63. The predicted molar refractivity (Wildman–Crippen MR) is 139 cm³/mol. The highest BCUT2D eigenvalue weighted by atomic mass is 19.1. The third-order valence-electron chi connectivity index (χ3n) is 7.46.